The molecule has 1 aromatic rings. The lowest BCUT2D eigenvalue weighted by Gasteiger charge is -2.35. The third-order valence-corrected chi connectivity index (χ3v) is 4.12. The largest absolute Gasteiger partial charge is 0.481 e. The van der Waals surface area contributed by atoms with Crippen molar-refractivity contribution < 1.29 is 14.7 Å². The Morgan fingerprint density at radius 1 is 1.30 bits per heavy atom. The second kappa shape index (κ2) is 6.07. The van der Waals surface area contributed by atoms with Gasteiger partial charge in [-0.1, -0.05) is 26.0 Å². The average molecular weight is 275 g/mol. The highest BCUT2D eigenvalue weighted by Gasteiger charge is 2.33. The molecule has 20 heavy (non-hydrogen) atoms. The minimum Gasteiger partial charge on any atom is -0.481 e. The quantitative estimate of drug-likeness (QED) is 0.921. The standard InChI is InChI=1S/C16H21NO3/c1-3-12-4-6-13(7-5-12)15(18)17-9-8-14(16(19)20)11(2)10-17/h4-7,11,14H,3,8-10H2,1-2H3,(H,19,20). The summed E-state index contributed by atoms with van der Waals surface area (Å²) in [7, 11) is 0. The number of hydrogen-bond acceptors (Lipinski definition) is 2. The normalized spacial score (nSPS) is 22.6. The monoisotopic (exact) mass is 275 g/mol. The molecule has 0 bridgehead atoms. The SMILES string of the molecule is CCc1ccc(C(=O)N2CCC(C(=O)O)C(C)C2)cc1. The fourth-order valence-electron chi connectivity index (χ4n) is 2.76. The minimum absolute atomic E-state index is 0.000107. The summed E-state index contributed by atoms with van der Waals surface area (Å²) >= 11 is 0. The number of likely N-dealkylation sites (tertiary alicyclic amines) is 1. The number of nitrogens with zero attached hydrogens (tertiary/aromatic N) is 1. The number of carbonyl (C=O) groups excluding carboxylic acids is 1. The molecule has 1 fully saturated rings. The minimum atomic E-state index is -0.753. The van der Waals surface area contributed by atoms with Crippen molar-refractivity contribution in [3.63, 3.8) is 0 Å². The zero-order valence-electron chi connectivity index (χ0n) is 12.0. The van der Waals surface area contributed by atoms with Gasteiger partial charge in [-0.25, -0.2) is 0 Å². The highest BCUT2D eigenvalue weighted by molar-refractivity contribution is 5.94. The van der Waals surface area contributed by atoms with Gasteiger partial charge in [0, 0.05) is 18.7 Å². The summed E-state index contributed by atoms with van der Waals surface area (Å²) in [4.78, 5) is 25.2. The highest BCUT2D eigenvalue weighted by atomic mass is 16.4. The van der Waals surface area contributed by atoms with Crippen LogP contribution in [0.5, 0.6) is 0 Å². The second-order valence-corrected chi connectivity index (χ2v) is 5.51. The summed E-state index contributed by atoms with van der Waals surface area (Å²) in [6, 6.07) is 7.66. The van der Waals surface area contributed by atoms with Gasteiger partial charge >= 0.3 is 5.97 Å². The van der Waals surface area contributed by atoms with Gasteiger partial charge in [-0.05, 0) is 36.5 Å². The van der Waals surface area contributed by atoms with Crippen molar-refractivity contribution in [2.24, 2.45) is 11.8 Å². The van der Waals surface area contributed by atoms with Crippen molar-refractivity contribution in [1.82, 2.24) is 4.90 Å². The van der Waals surface area contributed by atoms with Crippen LogP contribution in [0.25, 0.3) is 0 Å². The van der Waals surface area contributed by atoms with Crippen molar-refractivity contribution >= 4 is 11.9 Å². The van der Waals surface area contributed by atoms with Crippen LogP contribution in [-0.4, -0.2) is 35.0 Å². The van der Waals surface area contributed by atoms with Crippen LogP contribution in [-0.2, 0) is 11.2 Å². The predicted octanol–water partition coefficient (Wildman–Crippen LogP) is 2.43. The Morgan fingerprint density at radius 2 is 1.95 bits per heavy atom. The summed E-state index contributed by atoms with van der Waals surface area (Å²) in [6.07, 6.45) is 1.49. The van der Waals surface area contributed by atoms with Gasteiger partial charge in [0.1, 0.15) is 0 Å². The van der Waals surface area contributed by atoms with Gasteiger partial charge in [-0.2, -0.15) is 0 Å². The molecule has 0 radical (unpaired) electrons. The molecule has 1 amide bonds. The number of carboxylic acids is 1. The number of carboxylic acid groups (broad SMARTS) is 1. The van der Waals surface area contributed by atoms with E-state index in [1.165, 1.54) is 5.56 Å². The van der Waals surface area contributed by atoms with E-state index >= 15 is 0 Å². The van der Waals surface area contributed by atoms with Gasteiger partial charge in [-0.15, -0.1) is 0 Å². The van der Waals surface area contributed by atoms with Crippen molar-refractivity contribution in [2.45, 2.75) is 26.7 Å². The average Bonchev–Trinajstić information content (AvgIpc) is 2.46. The summed E-state index contributed by atoms with van der Waals surface area (Å²) < 4.78 is 0. The molecular weight excluding hydrogens is 254 g/mol. The third-order valence-electron chi connectivity index (χ3n) is 4.12. The van der Waals surface area contributed by atoms with Crippen molar-refractivity contribution in [3.05, 3.63) is 35.4 Å². The maximum atomic E-state index is 12.4. The van der Waals surface area contributed by atoms with E-state index in [1.54, 1.807) is 4.90 Å². The molecule has 2 atom stereocenters. The van der Waals surface area contributed by atoms with Crippen molar-refractivity contribution in [1.29, 1.82) is 0 Å². The Labute approximate surface area is 119 Å². The lowest BCUT2D eigenvalue weighted by molar-refractivity contribution is -0.145. The van der Waals surface area contributed by atoms with Crippen LogP contribution < -0.4 is 0 Å². The number of amides is 1. The molecule has 1 aliphatic rings. The zero-order valence-corrected chi connectivity index (χ0v) is 12.0. The maximum Gasteiger partial charge on any atom is 0.306 e. The van der Waals surface area contributed by atoms with Crippen LogP contribution in [0.2, 0.25) is 0 Å². The van der Waals surface area contributed by atoms with E-state index in [0.717, 1.165) is 6.42 Å². The first-order chi connectivity index (χ1) is 9.52. The van der Waals surface area contributed by atoms with Crippen LogP contribution in [0.4, 0.5) is 0 Å². The lowest BCUT2D eigenvalue weighted by Crippen LogP contribution is -2.45. The van der Waals surface area contributed by atoms with E-state index in [9.17, 15) is 9.59 Å². The molecular formula is C16H21NO3. The molecule has 1 saturated heterocycles. The number of piperidine rings is 1. The van der Waals surface area contributed by atoms with E-state index in [4.69, 9.17) is 5.11 Å². The van der Waals surface area contributed by atoms with Gasteiger partial charge in [0.25, 0.3) is 5.91 Å². The van der Waals surface area contributed by atoms with Gasteiger partial charge in [0.2, 0.25) is 0 Å². The molecule has 2 unspecified atom stereocenters. The predicted molar refractivity (Wildman–Crippen MR) is 76.6 cm³/mol. The first-order valence-corrected chi connectivity index (χ1v) is 7.14. The molecule has 4 heteroatoms. The maximum absolute atomic E-state index is 12.4. The van der Waals surface area contributed by atoms with Crippen LogP contribution in [0.15, 0.2) is 24.3 Å². The zero-order chi connectivity index (χ0) is 14.7. The van der Waals surface area contributed by atoms with Crippen LogP contribution in [0.3, 0.4) is 0 Å². The van der Waals surface area contributed by atoms with Gasteiger partial charge in [-0.3, -0.25) is 9.59 Å². The van der Waals surface area contributed by atoms with Crippen molar-refractivity contribution in [3.8, 4) is 0 Å². The molecule has 108 valence electrons. The third kappa shape index (κ3) is 3.00. The second-order valence-electron chi connectivity index (χ2n) is 5.51. The van der Waals surface area contributed by atoms with E-state index in [2.05, 4.69) is 6.92 Å². The first-order valence-electron chi connectivity index (χ1n) is 7.14. The fourth-order valence-corrected chi connectivity index (χ4v) is 2.76. The molecule has 0 aliphatic carbocycles. The molecule has 2 rings (SSSR count). The van der Waals surface area contributed by atoms with Crippen molar-refractivity contribution in [2.75, 3.05) is 13.1 Å². The molecule has 0 aromatic heterocycles. The molecule has 4 nitrogen and oxygen atoms in total. The number of aryl methyl sites for hydroxylation is 1. The molecule has 1 N–H and O–H groups in total. The number of benzene rings is 1. The summed E-state index contributed by atoms with van der Waals surface area (Å²) in [6.45, 7) is 5.02. The molecule has 1 aliphatic heterocycles. The number of rotatable bonds is 3. The Kier molecular flexibility index (Phi) is 4.42. The Hall–Kier alpha value is -1.84. The van der Waals surface area contributed by atoms with E-state index in [0.29, 0.717) is 25.1 Å². The fraction of sp³-hybridized carbons (Fsp3) is 0.500. The van der Waals surface area contributed by atoms with Crippen LogP contribution >= 0.6 is 0 Å². The Bertz CT molecular complexity index is 495. The summed E-state index contributed by atoms with van der Waals surface area (Å²) in [5, 5.41) is 9.10. The van der Waals surface area contributed by atoms with Crippen LogP contribution in [0.1, 0.15) is 36.2 Å². The van der Waals surface area contributed by atoms with Gasteiger partial charge in [0.15, 0.2) is 0 Å². The Morgan fingerprint density at radius 3 is 2.45 bits per heavy atom. The lowest BCUT2D eigenvalue weighted by atomic mass is 9.87. The van der Waals surface area contributed by atoms with Crippen LogP contribution in [0, 0.1) is 11.8 Å². The Balaban J connectivity index is 2.05. The van der Waals surface area contributed by atoms with E-state index < -0.39 is 5.97 Å². The number of hydrogen-bond donors (Lipinski definition) is 1. The van der Waals surface area contributed by atoms with E-state index in [1.807, 2.05) is 31.2 Å². The molecule has 0 spiro atoms. The number of carbonyl (C=O) groups is 2. The van der Waals surface area contributed by atoms with Gasteiger partial charge in [0.05, 0.1) is 5.92 Å². The smallest absolute Gasteiger partial charge is 0.306 e. The van der Waals surface area contributed by atoms with Gasteiger partial charge < -0.3 is 10.0 Å². The summed E-state index contributed by atoms with van der Waals surface area (Å²) in [5.41, 5.74) is 1.89. The summed E-state index contributed by atoms with van der Waals surface area (Å²) in [5.74, 6) is -1.08. The topological polar surface area (TPSA) is 57.6 Å². The molecule has 1 aromatic carbocycles. The molecule has 1 heterocycles. The first kappa shape index (κ1) is 14.6. The highest BCUT2D eigenvalue weighted by Crippen LogP contribution is 2.24. The van der Waals surface area contributed by atoms with E-state index in [-0.39, 0.29) is 17.7 Å². The molecule has 0 saturated carbocycles. The number of aliphatic carboxylic acids is 1.